The van der Waals surface area contributed by atoms with Gasteiger partial charge in [0.2, 0.25) is 5.91 Å². The molecule has 0 saturated heterocycles. The third kappa shape index (κ3) is 6.47. The Morgan fingerprint density at radius 3 is 2.30 bits per heavy atom. The second-order valence-corrected chi connectivity index (χ2v) is 7.02. The van der Waals surface area contributed by atoms with Crippen molar-refractivity contribution in [2.75, 3.05) is 27.8 Å². The maximum Gasteiger partial charge on any atom is 0.410 e. The summed E-state index contributed by atoms with van der Waals surface area (Å²) in [6, 6.07) is 4.17. The first-order valence-corrected chi connectivity index (χ1v) is 8.45. The Bertz CT molecular complexity index is 696. The van der Waals surface area contributed by atoms with Crippen molar-refractivity contribution in [2.45, 2.75) is 39.3 Å². The predicted octanol–water partition coefficient (Wildman–Crippen LogP) is 2.20. The van der Waals surface area contributed by atoms with Crippen LogP contribution in [0.5, 0.6) is 5.75 Å². The number of hydrogen-bond donors (Lipinski definition) is 1. The van der Waals surface area contributed by atoms with E-state index in [4.69, 9.17) is 9.47 Å². The molecule has 1 rings (SSSR count). The van der Waals surface area contributed by atoms with E-state index in [2.05, 4.69) is 10.1 Å². The largest absolute Gasteiger partial charge is 0.496 e. The van der Waals surface area contributed by atoms with Crippen LogP contribution in [0.25, 0.3) is 0 Å². The van der Waals surface area contributed by atoms with E-state index < -0.39 is 29.6 Å². The Balaban J connectivity index is 3.19. The molecule has 0 saturated carbocycles. The Morgan fingerprint density at radius 1 is 1.19 bits per heavy atom. The van der Waals surface area contributed by atoms with E-state index in [0.717, 1.165) is 5.56 Å². The minimum absolute atomic E-state index is 0.302. The normalized spacial score (nSPS) is 12.0. The fourth-order valence-corrected chi connectivity index (χ4v) is 2.39. The number of ether oxygens (including phenoxy) is 3. The van der Waals surface area contributed by atoms with Crippen molar-refractivity contribution in [1.29, 1.82) is 0 Å². The summed E-state index contributed by atoms with van der Waals surface area (Å²) < 4.78 is 15.1. The highest BCUT2D eigenvalue weighted by Gasteiger charge is 2.32. The third-order valence-electron chi connectivity index (χ3n) is 3.69. The minimum atomic E-state index is -0.992. The number of hydrogen-bond acceptors (Lipinski definition) is 6. The molecule has 27 heavy (non-hydrogen) atoms. The monoisotopic (exact) mass is 380 g/mol. The molecule has 0 aliphatic carbocycles. The van der Waals surface area contributed by atoms with Gasteiger partial charge in [0.1, 0.15) is 23.9 Å². The first kappa shape index (κ1) is 22.3. The molecular formula is C19H28N2O6. The summed E-state index contributed by atoms with van der Waals surface area (Å²) in [6.45, 7) is 6.75. The van der Waals surface area contributed by atoms with E-state index in [9.17, 15) is 14.4 Å². The van der Waals surface area contributed by atoms with Crippen LogP contribution < -0.4 is 10.1 Å². The van der Waals surface area contributed by atoms with Crippen molar-refractivity contribution in [3.05, 3.63) is 29.3 Å². The van der Waals surface area contributed by atoms with Crippen molar-refractivity contribution >= 4 is 18.0 Å². The van der Waals surface area contributed by atoms with Gasteiger partial charge in [-0.05, 0) is 51.0 Å². The highest BCUT2D eigenvalue weighted by molar-refractivity contribution is 5.89. The lowest BCUT2D eigenvalue weighted by Crippen LogP contribution is -2.44. The molecule has 1 unspecified atom stereocenters. The Hall–Kier alpha value is -2.77. The smallest absolute Gasteiger partial charge is 0.410 e. The van der Waals surface area contributed by atoms with Crippen LogP contribution in [0.3, 0.4) is 0 Å². The first-order valence-electron chi connectivity index (χ1n) is 8.45. The molecule has 8 nitrogen and oxygen atoms in total. The number of methoxy groups -OCH3 is 2. The molecule has 1 N–H and O–H groups in total. The fourth-order valence-electron chi connectivity index (χ4n) is 2.39. The predicted molar refractivity (Wildman–Crippen MR) is 99.5 cm³/mol. The maximum atomic E-state index is 12.7. The average molecular weight is 380 g/mol. The Kier molecular flexibility index (Phi) is 7.63. The molecule has 0 fully saturated rings. The van der Waals surface area contributed by atoms with Gasteiger partial charge >= 0.3 is 12.1 Å². The summed E-state index contributed by atoms with van der Waals surface area (Å²) in [5.74, 6) is -0.460. The van der Waals surface area contributed by atoms with Crippen LogP contribution in [0, 0.1) is 6.92 Å². The minimum Gasteiger partial charge on any atom is -0.496 e. The topological polar surface area (TPSA) is 94.2 Å². The highest BCUT2D eigenvalue weighted by atomic mass is 16.6. The lowest BCUT2D eigenvalue weighted by atomic mass is 10.0. The summed E-state index contributed by atoms with van der Waals surface area (Å²) in [7, 11) is 4.25. The van der Waals surface area contributed by atoms with E-state index in [1.165, 1.54) is 19.1 Å². The molecule has 0 spiro atoms. The molecule has 8 heteroatoms. The van der Waals surface area contributed by atoms with Gasteiger partial charge in [-0.25, -0.2) is 4.79 Å². The second kappa shape index (κ2) is 9.25. The molecule has 1 atom stereocenters. The van der Waals surface area contributed by atoms with Crippen LogP contribution in [-0.2, 0) is 19.1 Å². The summed E-state index contributed by atoms with van der Waals surface area (Å²) >= 11 is 0. The van der Waals surface area contributed by atoms with Gasteiger partial charge < -0.3 is 19.5 Å². The lowest BCUT2D eigenvalue weighted by Gasteiger charge is -2.30. The summed E-state index contributed by atoms with van der Waals surface area (Å²) in [5, 5.41) is 2.48. The van der Waals surface area contributed by atoms with Gasteiger partial charge in [0.15, 0.2) is 0 Å². The standard InChI is InChI=1S/C19H28N2O6/c1-12-10-13(8-9-14(12)25-6)16(17(23)20-11-15(22)26-7)21(5)18(24)27-19(2,3)4/h8-10,16H,11H2,1-7H3,(H,20,23). The van der Waals surface area contributed by atoms with Gasteiger partial charge in [-0.15, -0.1) is 0 Å². The molecule has 150 valence electrons. The fraction of sp³-hybridized carbons (Fsp3) is 0.526. The molecule has 0 radical (unpaired) electrons. The number of benzene rings is 1. The summed E-state index contributed by atoms with van der Waals surface area (Å²) in [4.78, 5) is 37.8. The first-order chi connectivity index (χ1) is 12.5. The van der Waals surface area contributed by atoms with Crippen LogP contribution in [-0.4, -0.2) is 56.3 Å². The Morgan fingerprint density at radius 2 is 1.81 bits per heavy atom. The van der Waals surface area contributed by atoms with Crippen molar-refractivity contribution in [1.82, 2.24) is 10.2 Å². The zero-order chi connectivity index (χ0) is 20.8. The number of aryl methyl sites for hydroxylation is 1. The zero-order valence-electron chi connectivity index (χ0n) is 16.9. The van der Waals surface area contributed by atoms with Crippen LogP contribution in [0.2, 0.25) is 0 Å². The van der Waals surface area contributed by atoms with Crippen LogP contribution in [0.4, 0.5) is 4.79 Å². The van der Waals surface area contributed by atoms with Gasteiger partial charge in [0, 0.05) is 7.05 Å². The molecule has 0 bridgehead atoms. The zero-order valence-corrected chi connectivity index (χ0v) is 16.9. The second-order valence-electron chi connectivity index (χ2n) is 7.02. The van der Waals surface area contributed by atoms with Crippen molar-refractivity contribution in [2.24, 2.45) is 0 Å². The number of esters is 1. The molecule has 0 heterocycles. The van der Waals surface area contributed by atoms with Gasteiger partial charge in [0.05, 0.1) is 14.2 Å². The van der Waals surface area contributed by atoms with Gasteiger partial charge in [-0.3, -0.25) is 14.5 Å². The van der Waals surface area contributed by atoms with Crippen LogP contribution in [0.15, 0.2) is 18.2 Å². The average Bonchev–Trinajstić information content (AvgIpc) is 2.58. The molecule has 0 aliphatic heterocycles. The van der Waals surface area contributed by atoms with Gasteiger partial charge in [-0.1, -0.05) is 6.07 Å². The lowest BCUT2D eigenvalue weighted by molar-refractivity contribution is -0.141. The molecule has 0 aromatic heterocycles. The Labute approximate surface area is 159 Å². The van der Waals surface area contributed by atoms with Crippen molar-refractivity contribution in [3.8, 4) is 5.75 Å². The van der Waals surface area contributed by atoms with Gasteiger partial charge in [-0.2, -0.15) is 0 Å². The summed E-state index contributed by atoms with van der Waals surface area (Å²) in [5.41, 5.74) is 0.649. The van der Waals surface area contributed by atoms with E-state index in [-0.39, 0.29) is 6.54 Å². The number of nitrogens with zero attached hydrogens (tertiary/aromatic N) is 1. The van der Waals surface area contributed by atoms with Crippen LogP contribution in [0.1, 0.15) is 37.9 Å². The number of carbonyl (C=O) groups is 3. The third-order valence-corrected chi connectivity index (χ3v) is 3.69. The molecule has 2 amide bonds. The van der Waals surface area contributed by atoms with Crippen molar-refractivity contribution in [3.63, 3.8) is 0 Å². The highest BCUT2D eigenvalue weighted by Crippen LogP contribution is 2.27. The molecule has 1 aromatic rings. The van der Waals surface area contributed by atoms with E-state index in [0.29, 0.717) is 11.3 Å². The van der Waals surface area contributed by atoms with Crippen molar-refractivity contribution < 1.29 is 28.6 Å². The number of amides is 2. The maximum absolute atomic E-state index is 12.7. The number of likely N-dealkylation sites (N-methyl/N-ethyl adjacent to an activating group) is 1. The number of rotatable bonds is 6. The van der Waals surface area contributed by atoms with Gasteiger partial charge in [0.25, 0.3) is 0 Å². The van der Waals surface area contributed by atoms with E-state index in [1.807, 2.05) is 6.92 Å². The van der Waals surface area contributed by atoms with E-state index in [1.54, 1.807) is 46.1 Å². The SMILES string of the molecule is COC(=O)CNC(=O)C(c1ccc(OC)c(C)c1)N(C)C(=O)OC(C)(C)C. The quantitative estimate of drug-likeness (QED) is 0.761. The van der Waals surface area contributed by atoms with Crippen LogP contribution >= 0.6 is 0 Å². The molecule has 1 aromatic carbocycles. The molecule has 0 aliphatic rings. The summed E-state index contributed by atoms with van der Waals surface area (Å²) in [6.07, 6.45) is -0.658. The van der Waals surface area contributed by atoms with E-state index >= 15 is 0 Å². The molecular weight excluding hydrogens is 352 g/mol. The number of nitrogens with one attached hydrogen (secondary N) is 1. The number of carbonyl (C=O) groups excluding carboxylic acids is 3.